The summed E-state index contributed by atoms with van der Waals surface area (Å²) in [6.45, 7) is 7.25. The van der Waals surface area contributed by atoms with E-state index in [1.165, 1.54) is 12.0 Å². The summed E-state index contributed by atoms with van der Waals surface area (Å²) in [5.41, 5.74) is 8.33. The molecule has 1 aliphatic carbocycles. The van der Waals surface area contributed by atoms with Gasteiger partial charge in [-0.05, 0) is 67.0 Å². The van der Waals surface area contributed by atoms with Crippen molar-refractivity contribution in [2.45, 2.75) is 64.4 Å². The predicted octanol–water partition coefficient (Wildman–Crippen LogP) is 5.51. The summed E-state index contributed by atoms with van der Waals surface area (Å²) >= 11 is 0. The maximum Gasteiger partial charge on any atom is 0.338 e. The number of ether oxygens (including phenoxy) is 3. The van der Waals surface area contributed by atoms with Crippen LogP contribution in [0.1, 0.15) is 68.8 Å². The van der Waals surface area contributed by atoms with Crippen molar-refractivity contribution in [2.75, 3.05) is 18.9 Å². The van der Waals surface area contributed by atoms with Crippen LogP contribution in [0.2, 0.25) is 0 Å². The first kappa shape index (κ1) is 22.0. The number of nitrogens with two attached hydrogens (primary N) is 1. The van der Waals surface area contributed by atoms with E-state index in [2.05, 4.69) is 32.9 Å². The minimum absolute atomic E-state index is 0.0197. The average Bonchev–Trinajstić information content (AvgIpc) is 2.72. The van der Waals surface area contributed by atoms with Gasteiger partial charge in [-0.15, -0.1) is 0 Å². The molecule has 3 rings (SSSR count). The largest absolute Gasteiger partial charge is 0.490 e. The fourth-order valence-electron chi connectivity index (χ4n) is 3.55. The molecule has 0 radical (unpaired) electrons. The van der Waals surface area contributed by atoms with E-state index in [0.717, 1.165) is 31.4 Å². The smallest absolute Gasteiger partial charge is 0.338 e. The molecule has 30 heavy (non-hydrogen) atoms. The Morgan fingerprint density at radius 3 is 2.30 bits per heavy atom. The Labute approximate surface area is 179 Å². The van der Waals surface area contributed by atoms with E-state index in [0.29, 0.717) is 30.2 Å². The molecule has 5 heteroatoms. The second-order valence-corrected chi connectivity index (χ2v) is 8.89. The zero-order valence-corrected chi connectivity index (χ0v) is 18.3. The number of nitrogen functional groups attached to an aromatic ring is 1. The highest BCUT2D eigenvalue weighted by molar-refractivity contribution is 5.90. The molecule has 1 aliphatic rings. The van der Waals surface area contributed by atoms with Gasteiger partial charge in [-0.1, -0.05) is 39.3 Å². The lowest BCUT2D eigenvalue weighted by Gasteiger charge is -2.22. The van der Waals surface area contributed by atoms with Crippen LogP contribution in [-0.4, -0.2) is 25.3 Å². The van der Waals surface area contributed by atoms with Crippen molar-refractivity contribution in [2.24, 2.45) is 0 Å². The number of benzene rings is 2. The highest BCUT2D eigenvalue weighted by Crippen LogP contribution is 2.26. The van der Waals surface area contributed by atoms with Gasteiger partial charge in [0, 0.05) is 0 Å². The molecule has 162 valence electrons. The Balaban J connectivity index is 1.50. The predicted molar refractivity (Wildman–Crippen MR) is 119 cm³/mol. The number of rotatable bonds is 7. The topological polar surface area (TPSA) is 70.8 Å². The highest BCUT2D eigenvalue weighted by Gasteiger charge is 2.19. The molecule has 2 N–H and O–H groups in total. The molecule has 0 heterocycles. The van der Waals surface area contributed by atoms with Crippen molar-refractivity contribution in [3.8, 4) is 11.5 Å². The molecule has 1 fully saturated rings. The van der Waals surface area contributed by atoms with Gasteiger partial charge >= 0.3 is 5.97 Å². The molecule has 2 aromatic carbocycles. The molecule has 2 aromatic rings. The standard InChI is InChI=1S/C25H33NO4/c1-25(2,3)19-10-12-20(13-11-19)28-15-16-29-23-17-18(9-14-22(23)26)24(27)30-21-7-5-4-6-8-21/h9-14,17,21H,4-8,15-16,26H2,1-3H3. The number of carbonyl (C=O) groups excluding carboxylic acids is 1. The molecule has 0 unspecified atom stereocenters. The SMILES string of the molecule is CC(C)(C)c1ccc(OCCOc2cc(C(=O)OC3CCCCC3)ccc2N)cc1. The molecule has 0 bridgehead atoms. The first-order chi connectivity index (χ1) is 14.3. The Morgan fingerprint density at radius 1 is 0.967 bits per heavy atom. The fourth-order valence-corrected chi connectivity index (χ4v) is 3.55. The van der Waals surface area contributed by atoms with Crippen molar-refractivity contribution in [1.82, 2.24) is 0 Å². The van der Waals surface area contributed by atoms with Crippen molar-refractivity contribution in [3.63, 3.8) is 0 Å². The van der Waals surface area contributed by atoms with Crippen molar-refractivity contribution < 1.29 is 19.0 Å². The molecule has 1 saturated carbocycles. The van der Waals surface area contributed by atoms with Gasteiger partial charge in [0.05, 0.1) is 11.3 Å². The summed E-state index contributed by atoms with van der Waals surface area (Å²) in [5.74, 6) is 0.950. The summed E-state index contributed by atoms with van der Waals surface area (Å²) in [4.78, 5) is 12.4. The van der Waals surface area contributed by atoms with Gasteiger partial charge in [-0.2, -0.15) is 0 Å². The lowest BCUT2D eigenvalue weighted by molar-refractivity contribution is 0.0210. The van der Waals surface area contributed by atoms with E-state index in [1.54, 1.807) is 18.2 Å². The van der Waals surface area contributed by atoms with Crippen LogP contribution in [0.15, 0.2) is 42.5 Å². The fraction of sp³-hybridized carbons (Fsp3) is 0.480. The van der Waals surface area contributed by atoms with Crippen LogP contribution in [-0.2, 0) is 10.2 Å². The quantitative estimate of drug-likeness (QED) is 0.369. The second-order valence-electron chi connectivity index (χ2n) is 8.89. The third-order valence-corrected chi connectivity index (χ3v) is 5.41. The van der Waals surface area contributed by atoms with Gasteiger partial charge in [-0.25, -0.2) is 4.79 Å². The van der Waals surface area contributed by atoms with E-state index < -0.39 is 0 Å². The first-order valence-electron chi connectivity index (χ1n) is 10.8. The molecule has 0 amide bonds. The molecule has 5 nitrogen and oxygen atoms in total. The van der Waals surface area contributed by atoms with Gasteiger partial charge in [0.2, 0.25) is 0 Å². The maximum absolute atomic E-state index is 12.4. The monoisotopic (exact) mass is 411 g/mol. The highest BCUT2D eigenvalue weighted by atomic mass is 16.5. The Bertz CT molecular complexity index is 833. The van der Waals surface area contributed by atoms with Crippen molar-refractivity contribution >= 4 is 11.7 Å². The summed E-state index contributed by atoms with van der Waals surface area (Å²) < 4.78 is 17.1. The minimum Gasteiger partial charge on any atom is -0.490 e. The summed E-state index contributed by atoms with van der Waals surface area (Å²) in [6, 6.07) is 13.1. The third-order valence-electron chi connectivity index (χ3n) is 5.41. The summed E-state index contributed by atoms with van der Waals surface area (Å²) in [6.07, 6.45) is 5.36. The van der Waals surface area contributed by atoms with Crippen LogP contribution in [0.5, 0.6) is 11.5 Å². The van der Waals surface area contributed by atoms with Gasteiger partial charge in [0.1, 0.15) is 30.8 Å². The Kier molecular flexibility index (Phi) is 7.24. The molecule has 0 aromatic heterocycles. The molecular weight excluding hydrogens is 378 g/mol. The zero-order chi connectivity index (χ0) is 21.6. The second kappa shape index (κ2) is 9.88. The third kappa shape index (κ3) is 6.15. The van der Waals surface area contributed by atoms with Crippen LogP contribution in [0, 0.1) is 0 Å². The first-order valence-corrected chi connectivity index (χ1v) is 10.8. The normalized spacial score (nSPS) is 14.9. The summed E-state index contributed by atoms with van der Waals surface area (Å²) in [5, 5.41) is 0. The maximum atomic E-state index is 12.4. The van der Waals surface area contributed by atoms with E-state index in [-0.39, 0.29) is 17.5 Å². The molecule has 0 spiro atoms. The number of esters is 1. The van der Waals surface area contributed by atoms with Crippen molar-refractivity contribution in [3.05, 3.63) is 53.6 Å². The number of hydrogen-bond donors (Lipinski definition) is 1. The van der Waals surface area contributed by atoms with Gasteiger partial charge in [0.25, 0.3) is 0 Å². The number of carbonyl (C=O) groups is 1. The van der Waals surface area contributed by atoms with Crippen LogP contribution in [0.4, 0.5) is 5.69 Å². The number of hydrogen-bond acceptors (Lipinski definition) is 5. The lowest BCUT2D eigenvalue weighted by atomic mass is 9.87. The number of anilines is 1. The van der Waals surface area contributed by atoms with E-state index in [9.17, 15) is 4.79 Å². The zero-order valence-electron chi connectivity index (χ0n) is 18.3. The Hall–Kier alpha value is -2.69. The van der Waals surface area contributed by atoms with Crippen LogP contribution in [0.25, 0.3) is 0 Å². The van der Waals surface area contributed by atoms with Crippen LogP contribution >= 0.6 is 0 Å². The van der Waals surface area contributed by atoms with E-state index >= 15 is 0 Å². The van der Waals surface area contributed by atoms with Gasteiger partial charge in [-0.3, -0.25) is 0 Å². The molecule has 0 aliphatic heterocycles. The molecular formula is C25H33NO4. The van der Waals surface area contributed by atoms with E-state index in [4.69, 9.17) is 19.9 Å². The lowest BCUT2D eigenvalue weighted by Crippen LogP contribution is -2.21. The van der Waals surface area contributed by atoms with Gasteiger partial charge in [0.15, 0.2) is 0 Å². The minimum atomic E-state index is -0.318. The Morgan fingerprint density at radius 2 is 1.63 bits per heavy atom. The average molecular weight is 412 g/mol. The van der Waals surface area contributed by atoms with Crippen molar-refractivity contribution in [1.29, 1.82) is 0 Å². The van der Waals surface area contributed by atoms with Gasteiger partial charge < -0.3 is 19.9 Å². The van der Waals surface area contributed by atoms with E-state index in [1.807, 2.05) is 12.1 Å². The molecule has 0 saturated heterocycles. The van der Waals surface area contributed by atoms with Crippen LogP contribution < -0.4 is 15.2 Å². The molecule has 0 atom stereocenters. The van der Waals surface area contributed by atoms with Crippen LogP contribution in [0.3, 0.4) is 0 Å². The summed E-state index contributed by atoms with van der Waals surface area (Å²) in [7, 11) is 0.